The van der Waals surface area contributed by atoms with Crippen molar-refractivity contribution < 1.29 is 9.90 Å². The minimum Gasteiger partial charge on any atom is -0.480 e. The quantitative estimate of drug-likeness (QED) is 0.672. The van der Waals surface area contributed by atoms with E-state index in [1.54, 1.807) is 0 Å². The van der Waals surface area contributed by atoms with Crippen LogP contribution in [0.1, 0.15) is 71.6 Å². The third kappa shape index (κ3) is 4.66. The summed E-state index contributed by atoms with van der Waals surface area (Å²) in [6, 6.07) is 0.409. The van der Waals surface area contributed by atoms with Gasteiger partial charge in [0.05, 0.1) is 0 Å². The van der Waals surface area contributed by atoms with Crippen molar-refractivity contribution in [3.05, 3.63) is 0 Å². The van der Waals surface area contributed by atoms with Gasteiger partial charge in [0.15, 0.2) is 0 Å². The molecule has 0 radical (unpaired) electrons. The van der Waals surface area contributed by atoms with Crippen molar-refractivity contribution in [3.63, 3.8) is 0 Å². The maximum Gasteiger partial charge on any atom is 0.323 e. The fraction of sp³-hybridized carbons (Fsp3) is 0.929. The average Bonchev–Trinajstić information content (AvgIpc) is 2.30. The molecule has 1 aliphatic rings. The molecule has 100 valence electrons. The summed E-state index contributed by atoms with van der Waals surface area (Å²) in [6.07, 6.45) is 10.1. The van der Waals surface area contributed by atoms with Crippen LogP contribution in [0.4, 0.5) is 0 Å². The Bertz CT molecular complexity index is 236. The van der Waals surface area contributed by atoms with Crippen molar-refractivity contribution in [2.45, 2.75) is 83.2 Å². The number of unbranched alkanes of at least 4 members (excludes halogenated alkanes) is 2. The van der Waals surface area contributed by atoms with E-state index in [0.717, 1.165) is 38.5 Å². The van der Waals surface area contributed by atoms with Crippen molar-refractivity contribution in [1.82, 2.24) is 5.32 Å². The van der Waals surface area contributed by atoms with Crippen LogP contribution < -0.4 is 5.32 Å². The third-order valence-corrected chi connectivity index (χ3v) is 3.88. The van der Waals surface area contributed by atoms with Crippen molar-refractivity contribution in [3.8, 4) is 0 Å². The first-order valence-corrected chi connectivity index (χ1v) is 7.09. The van der Waals surface area contributed by atoms with Crippen LogP contribution in [0.2, 0.25) is 0 Å². The fourth-order valence-corrected chi connectivity index (χ4v) is 2.67. The monoisotopic (exact) mass is 241 g/mol. The lowest BCUT2D eigenvalue weighted by molar-refractivity contribution is -0.145. The molecule has 0 saturated heterocycles. The normalized spacial score (nSPS) is 21.1. The number of carboxylic acids is 1. The molecular weight excluding hydrogens is 214 g/mol. The van der Waals surface area contributed by atoms with Gasteiger partial charge in [0, 0.05) is 6.04 Å². The lowest BCUT2D eigenvalue weighted by Crippen LogP contribution is -2.54. The van der Waals surface area contributed by atoms with Crippen LogP contribution >= 0.6 is 0 Å². The molecule has 0 aromatic rings. The Kier molecular flexibility index (Phi) is 5.96. The lowest BCUT2D eigenvalue weighted by atomic mass is 9.89. The Morgan fingerprint density at radius 1 is 1.29 bits per heavy atom. The number of rotatable bonds is 7. The van der Waals surface area contributed by atoms with E-state index < -0.39 is 11.5 Å². The van der Waals surface area contributed by atoms with Crippen LogP contribution in [0.5, 0.6) is 0 Å². The zero-order valence-electron chi connectivity index (χ0n) is 11.3. The summed E-state index contributed by atoms with van der Waals surface area (Å²) < 4.78 is 0. The molecule has 1 rings (SSSR count). The van der Waals surface area contributed by atoms with Gasteiger partial charge in [-0.2, -0.15) is 0 Å². The molecule has 17 heavy (non-hydrogen) atoms. The Morgan fingerprint density at radius 2 is 1.94 bits per heavy atom. The largest absolute Gasteiger partial charge is 0.480 e. The minimum atomic E-state index is -0.725. The molecule has 3 heteroatoms. The smallest absolute Gasteiger partial charge is 0.323 e. The van der Waals surface area contributed by atoms with E-state index in [-0.39, 0.29) is 0 Å². The second-order valence-electron chi connectivity index (χ2n) is 5.57. The molecule has 1 atom stereocenters. The van der Waals surface area contributed by atoms with E-state index in [9.17, 15) is 9.90 Å². The second-order valence-corrected chi connectivity index (χ2v) is 5.57. The highest BCUT2D eigenvalue weighted by atomic mass is 16.4. The molecule has 1 fully saturated rings. The van der Waals surface area contributed by atoms with Crippen molar-refractivity contribution >= 4 is 5.97 Å². The molecule has 0 aromatic heterocycles. The number of aliphatic carboxylic acids is 1. The zero-order valence-corrected chi connectivity index (χ0v) is 11.3. The Labute approximate surface area is 105 Å². The van der Waals surface area contributed by atoms with Gasteiger partial charge in [-0.15, -0.1) is 0 Å². The molecule has 0 aromatic carbocycles. The van der Waals surface area contributed by atoms with Crippen LogP contribution in [0.3, 0.4) is 0 Å². The van der Waals surface area contributed by atoms with Gasteiger partial charge in [0.25, 0.3) is 0 Å². The predicted molar refractivity (Wildman–Crippen MR) is 70.2 cm³/mol. The molecule has 0 amide bonds. The van der Waals surface area contributed by atoms with Gasteiger partial charge in [0.1, 0.15) is 5.54 Å². The van der Waals surface area contributed by atoms with Crippen LogP contribution in [0, 0.1) is 0 Å². The lowest BCUT2D eigenvalue weighted by Gasteiger charge is -2.33. The predicted octanol–water partition coefficient (Wildman–Crippen LogP) is 3.33. The molecule has 0 bridgehead atoms. The van der Waals surface area contributed by atoms with E-state index in [0.29, 0.717) is 6.04 Å². The maximum absolute atomic E-state index is 11.4. The zero-order chi connectivity index (χ0) is 12.7. The van der Waals surface area contributed by atoms with Crippen LogP contribution in [-0.4, -0.2) is 22.7 Å². The van der Waals surface area contributed by atoms with Crippen LogP contribution in [-0.2, 0) is 4.79 Å². The number of hydrogen-bond acceptors (Lipinski definition) is 2. The minimum absolute atomic E-state index is 0.409. The van der Waals surface area contributed by atoms with Crippen molar-refractivity contribution in [2.24, 2.45) is 0 Å². The van der Waals surface area contributed by atoms with Gasteiger partial charge >= 0.3 is 5.97 Å². The molecular formula is C14H27NO2. The van der Waals surface area contributed by atoms with Crippen LogP contribution in [0.15, 0.2) is 0 Å². The standard InChI is InChI=1S/C14H27NO2/c1-3-4-8-11-14(2,13(16)17)15-12-9-6-5-7-10-12/h12,15H,3-11H2,1-2H3,(H,16,17). The third-order valence-electron chi connectivity index (χ3n) is 3.88. The van der Waals surface area contributed by atoms with Gasteiger partial charge < -0.3 is 5.11 Å². The molecule has 0 aliphatic heterocycles. The molecule has 3 nitrogen and oxygen atoms in total. The SMILES string of the molecule is CCCCCC(C)(NC1CCCCC1)C(=O)O. The molecule has 1 aliphatic carbocycles. The summed E-state index contributed by atoms with van der Waals surface area (Å²) in [7, 11) is 0. The van der Waals surface area contributed by atoms with Gasteiger partial charge in [0.2, 0.25) is 0 Å². The highest BCUT2D eigenvalue weighted by molar-refractivity contribution is 5.78. The molecule has 1 unspecified atom stereocenters. The number of carboxylic acid groups (broad SMARTS) is 1. The summed E-state index contributed by atoms with van der Waals surface area (Å²) in [5.41, 5.74) is -0.725. The highest BCUT2D eigenvalue weighted by Gasteiger charge is 2.34. The van der Waals surface area contributed by atoms with E-state index in [4.69, 9.17) is 0 Å². The van der Waals surface area contributed by atoms with Gasteiger partial charge in [-0.25, -0.2) is 0 Å². The average molecular weight is 241 g/mol. The first-order valence-electron chi connectivity index (χ1n) is 7.09. The number of hydrogen-bond donors (Lipinski definition) is 2. The maximum atomic E-state index is 11.4. The number of carbonyl (C=O) groups is 1. The van der Waals surface area contributed by atoms with Gasteiger partial charge in [-0.05, 0) is 26.2 Å². The summed E-state index contributed by atoms with van der Waals surface area (Å²) >= 11 is 0. The molecule has 0 spiro atoms. The summed E-state index contributed by atoms with van der Waals surface area (Å²) in [5, 5.41) is 12.8. The Morgan fingerprint density at radius 3 is 2.47 bits per heavy atom. The molecule has 0 heterocycles. The van der Waals surface area contributed by atoms with E-state index in [2.05, 4.69) is 12.2 Å². The van der Waals surface area contributed by atoms with E-state index in [1.807, 2.05) is 6.92 Å². The molecule has 2 N–H and O–H groups in total. The first-order chi connectivity index (χ1) is 8.08. The topological polar surface area (TPSA) is 49.3 Å². The van der Waals surface area contributed by atoms with Crippen molar-refractivity contribution in [1.29, 1.82) is 0 Å². The fourth-order valence-electron chi connectivity index (χ4n) is 2.67. The van der Waals surface area contributed by atoms with E-state index >= 15 is 0 Å². The summed E-state index contributed by atoms with van der Waals surface area (Å²) in [5.74, 6) is -0.695. The van der Waals surface area contributed by atoms with Crippen LogP contribution in [0.25, 0.3) is 0 Å². The first kappa shape index (κ1) is 14.5. The Balaban J connectivity index is 2.47. The second kappa shape index (κ2) is 7.00. The summed E-state index contributed by atoms with van der Waals surface area (Å²) in [6.45, 7) is 3.99. The Hall–Kier alpha value is -0.570. The van der Waals surface area contributed by atoms with Crippen molar-refractivity contribution in [2.75, 3.05) is 0 Å². The van der Waals surface area contributed by atoms with Gasteiger partial charge in [-0.1, -0.05) is 45.4 Å². The van der Waals surface area contributed by atoms with Gasteiger partial charge in [-0.3, -0.25) is 10.1 Å². The highest BCUT2D eigenvalue weighted by Crippen LogP contribution is 2.23. The summed E-state index contributed by atoms with van der Waals surface area (Å²) in [4.78, 5) is 11.4. The van der Waals surface area contributed by atoms with E-state index in [1.165, 1.54) is 19.3 Å². The number of nitrogens with one attached hydrogen (secondary N) is 1. The molecule has 1 saturated carbocycles.